The minimum absolute atomic E-state index is 0.0912. The molecule has 0 unspecified atom stereocenters. The molecular weight excluding hydrogens is 274 g/mol. The van der Waals surface area contributed by atoms with Crippen LogP contribution in [0.15, 0.2) is 18.2 Å². The summed E-state index contributed by atoms with van der Waals surface area (Å²) in [6, 6.07) is 4.29. The van der Waals surface area contributed by atoms with Gasteiger partial charge in [0, 0.05) is 29.7 Å². The molecule has 0 atom stereocenters. The van der Waals surface area contributed by atoms with Crippen LogP contribution in [-0.2, 0) is 11.3 Å². The summed E-state index contributed by atoms with van der Waals surface area (Å²) in [6.07, 6.45) is 2.52. The van der Waals surface area contributed by atoms with Crippen LogP contribution in [0.25, 0.3) is 0 Å². The number of carbonyl (C=O) groups is 2. The zero-order valence-electron chi connectivity index (χ0n) is 11.5. The summed E-state index contributed by atoms with van der Waals surface area (Å²) in [5.74, 6) is -0.593. The third kappa shape index (κ3) is 3.63. The largest absolute Gasteiger partial charge is 0.366 e. The third-order valence-corrected chi connectivity index (χ3v) is 3.79. The maximum absolute atomic E-state index is 11.1. The topological polar surface area (TPSA) is 107 Å². The number of hydrogen-bond donors (Lipinski definition) is 1. The number of aldehydes is 1. The summed E-state index contributed by atoms with van der Waals surface area (Å²) in [6.45, 7) is 1.90. The van der Waals surface area contributed by atoms with Crippen molar-refractivity contribution in [2.24, 2.45) is 11.7 Å². The van der Waals surface area contributed by atoms with Gasteiger partial charge in [0.2, 0.25) is 5.91 Å². The highest BCUT2D eigenvalue weighted by molar-refractivity contribution is 5.93. The van der Waals surface area contributed by atoms with Gasteiger partial charge in [-0.2, -0.15) is 0 Å². The molecule has 7 heteroatoms. The number of hydrogen-bond acceptors (Lipinski definition) is 5. The highest BCUT2D eigenvalue weighted by atomic mass is 16.6. The minimum atomic E-state index is -0.684. The first kappa shape index (κ1) is 15.1. The Balaban J connectivity index is 2.14. The summed E-state index contributed by atoms with van der Waals surface area (Å²) < 4.78 is 0. The van der Waals surface area contributed by atoms with Crippen LogP contribution in [0.5, 0.6) is 0 Å². The van der Waals surface area contributed by atoms with E-state index in [1.807, 2.05) is 0 Å². The van der Waals surface area contributed by atoms with Crippen LogP contribution < -0.4 is 5.73 Å². The molecule has 0 bridgehead atoms. The molecule has 0 spiro atoms. The van der Waals surface area contributed by atoms with Gasteiger partial charge in [0.05, 0.1) is 4.92 Å². The average molecular weight is 291 g/mol. The van der Waals surface area contributed by atoms with Crippen molar-refractivity contribution >= 4 is 17.9 Å². The number of nitro groups is 1. The molecule has 1 saturated heterocycles. The lowest BCUT2D eigenvalue weighted by molar-refractivity contribution is -0.385. The Bertz CT molecular complexity index is 565. The van der Waals surface area contributed by atoms with Gasteiger partial charge in [-0.1, -0.05) is 6.07 Å². The summed E-state index contributed by atoms with van der Waals surface area (Å²) in [5, 5.41) is 11.1. The number of carbonyl (C=O) groups excluding carboxylic acids is 2. The Kier molecular flexibility index (Phi) is 4.64. The lowest BCUT2D eigenvalue weighted by Crippen LogP contribution is -2.33. The van der Waals surface area contributed by atoms with Crippen molar-refractivity contribution in [3.8, 4) is 0 Å². The molecule has 0 aliphatic carbocycles. The highest BCUT2D eigenvalue weighted by Gasteiger charge is 2.22. The number of primary amides is 1. The Hall–Kier alpha value is -2.28. The maximum atomic E-state index is 11.1. The number of nitrogens with two attached hydrogens (primary N) is 1. The fourth-order valence-corrected chi connectivity index (χ4v) is 2.51. The number of nitro benzene ring substituents is 1. The van der Waals surface area contributed by atoms with E-state index in [1.54, 1.807) is 6.07 Å². The molecule has 1 aliphatic heterocycles. The number of amides is 1. The molecule has 21 heavy (non-hydrogen) atoms. The molecule has 0 aromatic heterocycles. The van der Waals surface area contributed by atoms with E-state index in [0.29, 0.717) is 12.1 Å². The van der Waals surface area contributed by atoms with Gasteiger partial charge >= 0.3 is 0 Å². The minimum Gasteiger partial charge on any atom is -0.366 e. The lowest BCUT2D eigenvalue weighted by Gasteiger charge is -2.29. The first-order chi connectivity index (χ1) is 10.0. The molecule has 1 aromatic carbocycles. The number of piperidine rings is 1. The summed E-state index contributed by atoms with van der Waals surface area (Å²) in [5.41, 5.74) is 5.73. The van der Waals surface area contributed by atoms with Gasteiger partial charge in [-0.25, -0.2) is 0 Å². The van der Waals surface area contributed by atoms with E-state index < -0.39 is 10.8 Å². The molecule has 7 nitrogen and oxygen atoms in total. The molecule has 112 valence electrons. The Morgan fingerprint density at radius 2 is 2.10 bits per heavy atom. The smallest absolute Gasteiger partial charge is 0.274 e. The molecule has 1 fully saturated rings. The van der Waals surface area contributed by atoms with Crippen molar-refractivity contribution in [3.05, 3.63) is 39.4 Å². The van der Waals surface area contributed by atoms with E-state index in [4.69, 9.17) is 5.73 Å². The SMILES string of the molecule is NC(=O)c1ccc(CN2CCC(C=O)CC2)c([N+](=O)[O-])c1. The van der Waals surface area contributed by atoms with Gasteiger partial charge in [-0.3, -0.25) is 19.8 Å². The van der Waals surface area contributed by atoms with Crippen molar-refractivity contribution in [1.82, 2.24) is 4.90 Å². The number of likely N-dealkylation sites (tertiary alicyclic amines) is 1. The maximum Gasteiger partial charge on any atom is 0.274 e. The van der Waals surface area contributed by atoms with Gasteiger partial charge in [-0.15, -0.1) is 0 Å². The van der Waals surface area contributed by atoms with Gasteiger partial charge in [0.1, 0.15) is 6.29 Å². The zero-order valence-corrected chi connectivity index (χ0v) is 11.5. The van der Waals surface area contributed by atoms with Crippen molar-refractivity contribution in [3.63, 3.8) is 0 Å². The fraction of sp³-hybridized carbons (Fsp3) is 0.429. The molecule has 0 saturated carbocycles. The second-order valence-corrected chi connectivity index (χ2v) is 5.21. The second kappa shape index (κ2) is 6.45. The first-order valence-electron chi connectivity index (χ1n) is 6.76. The fourth-order valence-electron chi connectivity index (χ4n) is 2.51. The second-order valence-electron chi connectivity index (χ2n) is 5.21. The van der Waals surface area contributed by atoms with Crippen LogP contribution in [0.2, 0.25) is 0 Å². The number of benzene rings is 1. The van der Waals surface area contributed by atoms with E-state index in [0.717, 1.165) is 32.2 Å². The van der Waals surface area contributed by atoms with Crippen molar-refractivity contribution in [2.75, 3.05) is 13.1 Å². The van der Waals surface area contributed by atoms with E-state index in [9.17, 15) is 19.7 Å². The number of rotatable bonds is 5. The van der Waals surface area contributed by atoms with Crippen LogP contribution in [0.1, 0.15) is 28.8 Å². The molecule has 1 aromatic rings. The zero-order chi connectivity index (χ0) is 15.4. The van der Waals surface area contributed by atoms with Crippen LogP contribution in [0.3, 0.4) is 0 Å². The van der Waals surface area contributed by atoms with E-state index in [-0.39, 0.29) is 17.2 Å². The standard InChI is InChI=1S/C14H17N3O4/c15-14(19)11-1-2-12(13(7-11)17(20)21)8-16-5-3-10(9-18)4-6-16/h1-2,7,9-10H,3-6,8H2,(H2,15,19). The van der Waals surface area contributed by atoms with Crippen LogP contribution in [0, 0.1) is 16.0 Å². The first-order valence-corrected chi connectivity index (χ1v) is 6.76. The van der Waals surface area contributed by atoms with E-state index in [2.05, 4.69) is 4.90 Å². The van der Waals surface area contributed by atoms with Crippen LogP contribution >= 0.6 is 0 Å². The van der Waals surface area contributed by atoms with Gasteiger partial charge in [-0.05, 0) is 32.0 Å². The van der Waals surface area contributed by atoms with Crippen molar-refractivity contribution in [2.45, 2.75) is 19.4 Å². The predicted octanol–water partition coefficient (Wildman–Crippen LogP) is 1.10. The Labute approximate surface area is 121 Å². The molecule has 2 rings (SSSR count). The predicted molar refractivity (Wildman–Crippen MR) is 75.7 cm³/mol. The average Bonchev–Trinajstić information content (AvgIpc) is 2.48. The monoisotopic (exact) mass is 291 g/mol. The van der Waals surface area contributed by atoms with E-state index >= 15 is 0 Å². The summed E-state index contributed by atoms with van der Waals surface area (Å²) in [4.78, 5) is 34.5. The van der Waals surface area contributed by atoms with Gasteiger partial charge in [0.15, 0.2) is 0 Å². The third-order valence-electron chi connectivity index (χ3n) is 3.79. The molecule has 1 amide bonds. The summed E-state index contributed by atoms with van der Waals surface area (Å²) >= 11 is 0. The van der Waals surface area contributed by atoms with Gasteiger partial charge in [0.25, 0.3) is 5.69 Å². The summed E-state index contributed by atoms with van der Waals surface area (Å²) in [7, 11) is 0. The normalized spacial score (nSPS) is 16.6. The molecule has 0 radical (unpaired) electrons. The van der Waals surface area contributed by atoms with Crippen molar-refractivity contribution in [1.29, 1.82) is 0 Å². The molecular formula is C14H17N3O4. The highest BCUT2D eigenvalue weighted by Crippen LogP contribution is 2.24. The van der Waals surface area contributed by atoms with Crippen LogP contribution in [0.4, 0.5) is 5.69 Å². The van der Waals surface area contributed by atoms with Crippen LogP contribution in [-0.4, -0.2) is 35.1 Å². The Morgan fingerprint density at radius 3 is 2.62 bits per heavy atom. The lowest BCUT2D eigenvalue weighted by atomic mass is 9.98. The quantitative estimate of drug-likeness (QED) is 0.496. The van der Waals surface area contributed by atoms with Crippen molar-refractivity contribution < 1.29 is 14.5 Å². The molecule has 1 heterocycles. The molecule has 2 N–H and O–H groups in total. The van der Waals surface area contributed by atoms with E-state index in [1.165, 1.54) is 12.1 Å². The molecule has 1 aliphatic rings. The Morgan fingerprint density at radius 1 is 1.43 bits per heavy atom. The van der Waals surface area contributed by atoms with Gasteiger partial charge < -0.3 is 10.5 Å². The number of nitrogens with zero attached hydrogens (tertiary/aromatic N) is 2.